The van der Waals surface area contributed by atoms with Gasteiger partial charge in [-0.1, -0.05) is 18.5 Å². The number of nitro groups is 1. The summed E-state index contributed by atoms with van der Waals surface area (Å²) in [6, 6.07) is 2.51. The van der Waals surface area contributed by atoms with Crippen molar-refractivity contribution >= 4 is 28.9 Å². The maximum Gasteiger partial charge on any atom is 0.294 e. The summed E-state index contributed by atoms with van der Waals surface area (Å²) in [4.78, 5) is 24.2. The molecular formula is C13H18ClN3O3. The van der Waals surface area contributed by atoms with Gasteiger partial charge in [0.1, 0.15) is 5.69 Å². The Morgan fingerprint density at radius 1 is 1.50 bits per heavy atom. The van der Waals surface area contributed by atoms with Gasteiger partial charge in [-0.25, -0.2) is 0 Å². The largest absolute Gasteiger partial charge is 0.392 e. The lowest BCUT2D eigenvalue weighted by Crippen LogP contribution is -2.44. The zero-order valence-electron chi connectivity index (χ0n) is 11.9. The van der Waals surface area contributed by atoms with Crippen LogP contribution in [-0.2, 0) is 0 Å². The van der Waals surface area contributed by atoms with E-state index in [1.54, 1.807) is 11.9 Å². The van der Waals surface area contributed by atoms with Crippen molar-refractivity contribution < 1.29 is 9.72 Å². The fourth-order valence-corrected chi connectivity index (χ4v) is 1.80. The van der Waals surface area contributed by atoms with Gasteiger partial charge in [0.05, 0.1) is 9.95 Å². The molecule has 0 aliphatic rings. The first-order chi connectivity index (χ1) is 9.11. The van der Waals surface area contributed by atoms with Crippen LogP contribution in [0.1, 0.15) is 37.6 Å². The molecule has 0 saturated heterocycles. The van der Waals surface area contributed by atoms with Crippen molar-refractivity contribution in [3.63, 3.8) is 0 Å². The number of hydrogen-bond acceptors (Lipinski definition) is 4. The number of carbonyl (C=O) groups is 1. The molecule has 0 unspecified atom stereocenters. The number of rotatable bonds is 4. The van der Waals surface area contributed by atoms with E-state index in [0.717, 1.165) is 12.5 Å². The van der Waals surface area contributed by atoms with E-state index < -0.39 is 4.92 Å². The molecule has 0 bridgehead atoms. The second kappa shape index (κ2) is 5.66. The highest BCUT2D eigenvalue weighted by molar-refractivity contribution is 6.34. The third-order valence-electron chi connectivity index (χ3n) is 3.63. The van der Waals surface area contributed by atoms with Crippen LogP contribution in [0.4, 0.5) is 11.4 Å². The predicted molar refractivity (Wildman–Crippen MR) is 79.0 cm³/mol. The third kappa shape index (κ3) is 3.01. The van der Waals surface area contributed by atoms with Gasteiger partial charge in [-0.3, -0.25) is 14.9 Å². The lowest BCUT2D eigenvalue weighted by atomic mass is 9.98. The average Bonchev–Trinajstić information content (AvgIpc) is 2.39. The number of anilines is 1. The standard InChI is InChI=1S/C13H18ClN3O3/c1-5-13(2,3)16(4)12(18)8-6-9(14)11(15)10(7-8)17(19)20/h6-7H,5,15H2,1-4H3. The molecule has 0 saturated carbocycles. The van der Waals surface area contributed by atoms with Crippen LogP contribution in [0.5, 0.6) is 0 Å². The summed E-state index contributed by atoms with van der Waals surface area (Å²) in [7, 11) is 1.65. The number of nitrogens with zero attached hydrogens (tertiary/aromatic N) is 2. The van der Waals surface area contributed by atoms with E-state index >= 15 is 0 Å². The molecule has 0 fully saturated rings. The SMILES string of the molecule is CCC(C)(C)N(C)C(=O)c1cc(Cl)c(N)c([N+](=O)[O-])c1. The summed E-state index contributed by atoms with van der Waals surface area (Å²) in [5.74, 6) is -0.332. The normalized spacial score (nSPS) is 11.2. The maximum atomic E-state index is 12.4. The van der Waals surface area contributed by atoms with E-state index in [1.165, 1.54) is 6.07 Å². The lowest BCUT2D eigenvalue weighted by molar-refractivity contribution is -0.383. The summed E-state index contributed by atoms with van der Waals surface area (Å²) in [5, 5.41) is 10.9. The number of hydrogen-bond donors (Lipinski definition) is 1. The van der Waals surface area contributed by atoms with Gasteiger partial charge < -0.3 is 10.6 Å². The Morgan fingerprint density at radius 2 is 2.05 bits per heavy atom. The Kier molecular flexibility index (Phi) is 4.60. The second-order valence-corrected chi connectivity index (χ2v) is 5.59. The quantitative estimate of drug-likeness (QED) is 0.525. The molecule has 0 spiro atoms. The molecule has 0 aliphatic heterocycles. The molecule has 2 N–H and O–H groups in total. The highest BCUT2D eigenvalue weighted by Gasteiger charge is 2.28. The number of nitro benzene ring substituents is 1. The van der Waals surface area contributed by atoms with Crippen LogP contribution in [0.3, 0.4) is 0 Å². The summed E-state index contributed by atoms with van der Waals surface area (Å²) < 4.78 is 0. The van der Waals surface area contributed by atoms with Gasteiger partial charge in [-0.2, -0.15) is 0 Å². The van der Waals surface area contributed by atoms with E-state index in [1.807, 2.05) is 20.8 Å². The van der Waals surface area contributed by atoms with Crippen LogP contribution in [-0.4, -0.2) is 28.3 Å². The fourth-order valence-electron chi connectivity index (χ4n) is 1.58. The number of nitrogens with two attached hydrogens (primary N) is 1. The first-order valence-corrected chi connectivity index (χ1v) is 6.51. The van der Waals surface area contributed by atoms with Gasteiger partial charge in [0.15, 0.2) is 0 Å². The molecule has 0 heterocycles. The van der Waals surface area contributed by atoms with Crippen molar-refractivity contribution in [3.05, 3.63) is 32.8 Å². The van der Waals surface area contributed by atoms with Crippen molar-refractivity contribution in [2.45, 2.75) is 32.7 Å². The topological polar surface area (TPSA) is 89.5 Å². The van der Waals surface area contributed by atoms with Gasteiger partial charge in [-0.05, 0) is 26.3 Å². The van der Waals surface area contributed by atoms with Crippen molar-refractivity contribution in [3.8, 4) is 0 Å². The van der Waals surface area contributed by atoms with Crippen molar-refractivity contribution in [1.29, 1.82) is 0 Å². The van der Waals surface area contributed by atoms with Crippen molar-refractivity contribution in [1.82, 2.24) is 4.90 Å². The Labute approximate surface area is 122 Å². The Hall–Kier alpha value is -1.82. The van der Waals surface area contributed by atoms with Gasteiger partial charge >= 0.3 is 0 Å². The molecule has 1 amide bonds. The van der Waals surface area contributed by atoms with E-state index in [0.29, 0.717) is 0 Å². The molecular weight excluding hydrogens is 282 g/mol. The summed E-state index contributed by atoms with van der Waals surface area (Å²) in [6.07, 6.45) is 0.750. The minimum absolute atomic E-state index is 0.00487. The highest BCUT2D eigenvalue weighted by Crippen LogP contribution is 2.32. The Bertz CT molecular complexity index is 558. The van der Waals surface area contributed by atoms with Crippen LogP contribution in [0, 0.1) is 10.1 Å². The molecule has 0 aromatic heterocycles. The van der Waals surface area contributed by atoms with Crippen LogP contribution >= 0.6 is 11.6 Å². The lowest BCUT2D eigenvalue weighted by Gasteiger charge is -2.35. The van der Waals surface area contributed by atoms with Crippen molar-refractivity contribution in [2.24, 2.45) is 0 Å². The van der Waals surface area contributed by atoms with E-state index in [9.17, 15) is 14.9 Å². The average molecular weight is 300 g/mol. The van der Waals surface area contributed by atoms with Crippen LogP contribution in [0.25, 0.3) is 0 Å². The number of amides is 1. The zero-order valence-corrected chi connectivity index (χ0v) is 12.7. The molecule has 1 aromatic carbocycles. The smallest absolute Gasteiger partial charge is 0.294 e. The third-order valence-corrected chi connectivity index (χ3v) is 3.94. The molecule has 20 heavy (non-hydrogen) atoms. The molecule has 110 valence electrons. The summed E-state index contributed by atoms with van der Waals surface area (Å²) in [5.41, 5.74) is 4.84. The number of nitrogen functional groups attached to an aromatic ring is 1. The van der Waals surface area contributed by atoms with E-state index in [-0.39, 0.29) is 33.4 Å². The van der Waals surface area contributed by atoms with Gasteiger partial charge in [0.25, 0.3) is 11.6 Å². The highest BCUT2D eigenvalue weighted by atomic mass is 35.5. The van der Waals surface area contributed by atoms with Crippen molar-refractivity contribution in [2.75, 3.05) is 12.8 Å². The molecule has 1 aromatic rings. The molecule has 0 radical (unpaired) electrons. The molecule has 1 rings (SSSR count). The van der Waals surface area contributed by atoms with Gasteiger partial charge in [-0.15, -0.1) is 0 Å². The maximum absolute atomic E-state index is 12.4. The predicted octanol–water partition coefficient (Wildman–Crippen LogP) is 3.09. The minimum Gasteiger partial charge on any atom is -0.392 e. The van der Waals surface area contributed by atoms with Gasteiger partial charge in [0, 0.05) is 24.2 Å². The number of halogens is 1. The first-order valence-electron chi connectivity index (χ1n) is 6.13. The van der Waals surface area contributed by atoms with E-state index in [2.05, 4.69) is 0 Å². The van der Waals surface area contributed by atoms with Gasteiger partial charge in [0.2, 0.25) is 0 Å². The second-order valence-electron chi connectivity index (χ2n) is 5.18. The Balaban J connectivity index is 3.28. The molecule has 7 heteroatoms. The number of benzene rings is 1. The van der Waals surface area contributed by atoms with E-state index in [4.69, 9.17) is 17.3 Å². The minimum atomic E-state index is -0.650. The number of carbonyl (C=O) groups excluding carboxylic acids is 1. The monoisotopic (exact) mass is 299 g/mol. The summed E-state index contributed by atoms with van der Waals surface area (Å²) >= 11 is 5.86. The Morgan fingerprint density at radius 3 is 2.50 bits per heavy atom. The van der Waals surface area contributed by atoms with Crippen LogP contribution in [0.2, 0.25) is 5.02 Å². The van der Waals surface area contributed by atoms with Crippen LogP contribution in [0.15, 0.2) is 12.1 Å². The first kappa shape index (κ1) is 16.2. The van der Waals surface area contributed by atoms with Crippen LogP contribution < -0.4 is 5.73 Å². The molecule has 6 nitrogen and oxygen atoms in total. The molecule has 0 atom stereocenters. The fraction of sp³-hybridized carbons (Fsp3) is 0.462. The molecule has 0 aliphatic carbocycles. The summed E-state index contributed by atoms with van der Waals surface area (Å²) in [6.45, 7) is 5.79. The zero-order chi connectivity index (χ0) is 15.7.